The van der Waals surface area contributed by atoms with Gasteiger partial charge in [-0.15, -0.1) is 0 Å². The SMILES string of the molecule is CSCCCCNCc1ccc(-n2ccnc2)cc1. The third-order valence-electron chi connectivity index (χ3n) is 3.02. The number of nitrogens with zero attached hydrogens (tertiary/aromatic N) is 2. The summed E-state index contributed by atoms with van der Waals surface area (Å²) < 4.78 is 2.01. The minimum atomic E-state index is 0.948. The lowest BCUT2D eigenvalue weighted by Gasteiger charge is -2.06. The van der Waals surface area contributed by atoms with Crippen LogP contribution in [0.15, 0.2) is 43.0 Å². The van der Waals surface area contributed by atoms with Crippen LogP contribution in [-0.2, 0) is 6.54 Å². The van der Waals surface area contributed by atoms with Gasteiger partial charge in [-0.1, -0.05) is 12.1 Å². The molecule has 2 aromatic rings. The summed E-state index contributed by atoms with van der Waals surface area (Å²) >= 11 is 1.92. The summed E-state index contributed by atoms with van der Waals surface area (Å²) in [5.74, 6) is 1.27. The monoisotopic (exact) mass is 275 g/mol. The Hall–Kier alpha value is -1.26. The molecule has 0 saturated carbocycles. The van der Waals surface area contributed by atoms with Crippen LogP contribution in [-0.4, -0.2) is 28.1 Å². The molecule has 1 aromatic heterocycles. The Bertz CT molecular complexity index is 451. The molecule has 0 bridgehead atoms. The molecular formula is C15H21N3S. The molecule has 0 radical (unpaired) electrons. The van der Waals surface area contributed by atoms with E-state index < -0.39 is 0 Å². The quantitative estimate of drug-likeness (QED) is 0.751. The third kappa shape index (κ3) is 4.73. The van der Waals surface area contributed by atoms with E-state index in [4.69, 9.17) is 0 Å². The van der Waals surface area contributed by atoms with Crippen LogP contribution in [0.25, 0.3) is 5.69 Å². The minimum Gasteiger partial charge on any atom is -0.313 e. The molecule has 1 N–H and O–H groups in total. The lowest BCUT2D eigenvalue weighted by Crippen LogP contribution is -2.14. The predicted octanol–water partition coefficient (Wildman–Crippen LogP) is 3.11. The van der Waals surface area contributed by atoms with Crippen molar-refractivity contribution in [1.29, 1.82) is 0 Å². The van der Waals surface area contributed by atoms with E-state index in [0.717, 1.165) is 18.8 Å². The molecular weight excluding hydrogens is 254 g/mol. The molecule has 3 nitrogen and oxygen atoms in total. The molecule has 0 unspecified atom stereocenters. The average Bonchev–Trinajstić information content (AvgIpc) is 2.97. The van der Waals surface area contributed by atoms with Crippen molar-refractivity contribution >= 4 is 11.8 Å². The Morgan fingerprint density at radius 3 is 2.74 bits per heavy atom. The van der Waals surface area contributed by atoms with Crippen molar-refractivity contribution in [2.24, 2.45) is 0 Å². The fourth-order valence-corrected chi connectivity index (χ4v) is 2.42. The molecule has 0 saturated heterocycles. The van der Waals surface area contributed by atoms with Gasteiger partial charge in [-0.05, 0) is 49.1 Å². The summed E-state index contributed by atoms with van der Waals surface area (Å²) in [5.41, 5.74) is 2.48. The molecule has 0 aliphatic rings. The van der Waals surface area contributed by atoms with Gasteiger partial charge in [0.2, 0.25) is 0 Å². The summed E-state index contributed by atoms with van der Waals surface area (Å²) in [6.45, 7) is 2.05. The smallest absolute Gasteiger partial charge is 0.0991 e. The molecule has 0 aliphatic carbocycles. The normalized spacial score (nSPS) is 10.8. The van der Waals surface area contributed by atoms with E-state index in [9.17, 15) is 0 Å². The number of imidazole rings is 1. The topological polar surface area (TPSA) is 29.9 Å². The predicted molar refractivity (Wildman–Crippen MR) is 82.9 cm³/mol. The number of hydrogen-bond acceptors (Lipinski definition) is 3. The second-order valence-electron chi connectivity index (χ2n) is 4.51. The first kappa shape index (κ1) is 14.2. The summed E-state index contributed by atoms with van der Waals surface area (Å²) in [6.07, 6.45) is 10.3. The van der Waals surface area contributed by atoms with Gasteiger partial charge in [0.15, 0.2) is 0 Å². The van der Waals surface area contributed by atoms with Crippen LogP contribution in [0.5, 0.6) is 0 Å². The highest BCUT2D eigenvalue weighted by Crippen LogP contribution is 2.09. The van der Waals surface area contributed by atoms with Gasteiger partial charge in [-0.2, -0.15) is 11.8 Å². The Morgan fingerprint density at radius 1 is 1.21 bits per heavy atom. The molecule has 0 amide bonds. The maximum Gasteiger partial charge on any atom is 0.0991 e. The highest BCUT2D eigenvalue weighted by molar-refractivity contribution is 7.98. The summed E-state index contributed by atoms with van der Waals surface area (Å²) in [5, 5.41) is 3.49. The maximum atomic E-state index is 4.06. The number of nitrogens with one attached hydrogen (secondary N) is 1. The molecule has 0 atom stereocenters. The van der Waals surface area contributed by atoms with Crippen molar-refractivity contribution in [2.75, 3.05) is 18.6 Å². The van der Waals surface area contributed by atoms with Gasteiger partial charge in [0, 0.05) is 24.6 Å². The fraction of sp³-hybridized carbons (Fsp3) is 0.400. The van der Waals surface area contributed by atoms with Crippen molar-refractivity contribution in [3.63, 3.8) is 0 Å². The second kappa shape index (κ2) is 8.02. The van der Waals surface area contributed by atoms with E-state index in [2.05, 4.69) is 40.8 Å². The molecule has 1 aromatic carbocycles. The third-order valence-corrected chi connectivity index (χ3v) is 3.72. The molecule has 102 valence electrons. The van der Waals surface area contributed by atoms with Gasteiger partial charge in [0.1, 0.15) is 0 Å². The summed E-state index contributed by atoms with van der Waals surface area (Å²) in [6, 6.07) is 8.60. The first-order chi connectivity index (χ1) is 9.40. The largest absolute Gasteiger partial charge is 0.313 e. The van der Waals surface area contributed by atoms with Gasteiger partial charge < -0.3 is 9.88 Å². The Balaban J connectivity index is 1.73. The van der Waals surface area contributed by atoms with Gasteiger partial charge in [0.25, 0.3) is 0 Å². The zero-order chi connectivity index (χ0) is 13.3. The van der Waals surface area contributed by atoms with Crippen LogP contribution in [0.3, 0.4) is 0 Å². The molecule has 1 heterocycles. The van der Waals surface area contributed by atoms with Crippen LogP contribution in [0.4, 0.5) is 0 Å². The van der Waals surface area contributed by atoms with Crippen LogP contribution in [0.2, 0.25) is 0 Å². The zero-order valence-corrected chi connectivity index (χ0v) is 12.2. The van der Waals surface area contributed by atoms with Crippen molar-refractivity contribution in [2.45, 2.75) is 19.4 Å². The Morgan fingerprint density at radius 2 is 2.05 bits per heavy atom. The van der Waals surface area contributed by atoms with E-state index in [1.807, 2.05) is 28.9 Å². The fourth-order valence-electron chi connectivity index (χ4n) is 1.93. The van der Waals surface area contributed by atoms with Gasteiger partial charge >= 0.3 is 0 Å². The highest BCUT2D eigenvalue weighted by atomic mass is 32.2. The van der Waals surface area contributed by atoms with Gasteiger partial charge in [-0.25, -0.2) is 4.98 Å². The number of unbranched alkanes of at least 4 members (excludes halogenated alkanes) is 1. The molecule has 19 heavy (non-hydrogen) atoms. The van der Waals surface area contributed by atoms with Crippen molar-refractivity contribution in [3.8, 4) is 5.69 Å². The van der Waals surface area contributed by atoms with Crippen LogP contribution >= 0.6 is 11.8 Å². The minimum absolute atomic E-state index is 0.948. The van der Waals surface area contributed by atoms with E-state index in [1.54, 1.807) is 6.20 Å². The van der Waals surface area contributed by atoms with Crippen LogP contribution in [0.1, 0.15) is 18.4 Å². The first-order valence-corrected chi connectivity index (χ1v) is 8.06. The molecule has 0 aliphatic heterocycles. The maximum absolute atomic E-state index is 4.06. The van der Waals surface area contributed by atoms with E-state index in [1.165, 1.54) is 24.2 Å². The van der Waals surface area contributed by atoms with Gasteiger partial charge in [0.05, 0.1) is 6.33 Å². The summed E-state index contributed by atoms with van der Waals surface area (Å²) in [7, 11) is 0. The number of hydrogen-bond donors (Lipinski definition) is 1. The van der Waals surface area contributed by atoms with E-state index >= 15 is 0 Å². The summed E-state index contributed by atoms with van der Waals surface area (Å²) in [4.78, 5) is 4.06. The molecule has 0 spiro atoms. The Kier molecular flexibility index (Phi) is 5.98. The highest BCUT2D eigenvalue weighted by Gasteiger charge is 1.96. The molecule has 0 fully saturated rings. The second-order valence-corrected chi connectivity index (χ2v) is 5.50. The first-order valence-electron chi connectivity index (χ1n) is 6.67. The number of rotatable bonds is 8. The van der Waals surface area contributed by atoms with Crippen molar-refractivity contribution in [3.05, 3.63) is 48.5 Å². The van der Waals surface area contributed by atoms with Crippen LogP contribution < -0.4 is 5.32 Å². The lowest BCUT2D eigenvalue weighted by molar-refractivity contribution is 0.644. The lowest BCUT2D eigenvalue weighted by atomic mass is 10.2. The average molecular weight is 275 g/mol. The molecule has 4 heteroatoms. The van der Waals surface area contributed by atoms with Crippen molar-refractivity contribution in [1.82, 2.24) is 14.9 Å². The number of benzene rings is 1. The Labute approximate surface area is 119 Å². The van der Waals surface area contributed by atoms with E-state index in [-0.39, 0.29) is 0 Å². The number of aromatic nitrogens is 2. The van der Waals surface area contributed by atoms with Crippen LogP contribution in [0, 0.1) is 0 Å². The standard InChI is InChI=1S/C15H21N3S/c1-19-11-3-2-8-16-12-14-4-6-15(7-5-14)18-10-9-17-13-18/h4-7,9-10,13,16H,2-3,8,11-12H2,1H3. The van der Waals surface area contributed by atoms with Gasteiger partial charge in [-0.3, -0.25) is 0 Å². The molecule has 2 rings (SSSR count). The van der Waals surface area contributed by atoms with Crippen molar-refractivity contribution < 1.29 is 0 Å². The number of thioether (sulfide) groups is 1. The van der Waals surface area contributed by atoms with E-state index in [0.29, 0.717) is 0 Å². The zero-order valence-electron chi connectivity index (χ0n) is 11.4.